The van der Waals surface area contributed by atoms with Crippen LogP contribution >= 0.6 is 11.3 Å². The summed E-state index contributed by atoms with van der Waals surface area (Å²) in [5.41, 5.74) is 3.14. The molecule has 1 aliphatic rings. The van der Waals surface area contributed by atoms with Crippen LogP contribution < -0.4 is 14.2 Å². The van der Waals surface area contributed by atoms with Crippen LogP contribution in [0, 0.1) is 6.92 Å². The molecule has 1 aromatic heterocycles. The van der Waals surface area contributed by atoms with Gasteiger partial charge in [-0.2, -0.15) is 0 Å². The highest BCUT2D eigenvalue weighted by atomic mass is 32.2. The van der Waals surface area contributed by atoms with E-state index in [1.54, 1.807) is 17.4 Å². The smallest absolute Gasteiger partial charge is 0.240 e. The Morgan fingerprint density at radius 1 is 1.07 bits per heavy atom. The van der Waals surface area contributed by atoms with E-state index in [4.69, 9.17) is 9.47 Å². The molecule has 4 rings (SSSR count). The molecule has 29 heavy (non-hydrogen) atoms. The molecule has 0 saturated heterocycles. The van der Waals surface area contributed by atoms with Gasteiger partial charge in [0.2, 0.25) is 10.0 Å². The number of nitrogens with one attached hydrogen (secondary N) is 1. The predicted octanol–water partition coefficient (Wildman–Crippen LogP) is 3.80. The molecule has 0 saturated carbocycles. The van der Waals surface area contributed by atoms with E-state index >= 15 is 0 Å². The highest BCUT2D eigenvalue weighted by Crippen LogP contribution is 2.32. The number of sulfonamides is 1. The molecular formula is C21H22N2O4S2. The Hall–Kier alpha value is -2.42. The molecule has 0 fully saturated rings. The molecule has 6 nitrogen and oxygen atoms in total. The molecule has 3 aromatic rings. The first-order valence-corrected chi connectivity index (χ1v) is 11.8. The average Bonchev–Trinajstić information content (AvgIpc) is 3.04. The van der Waals surface area contributed by atoms with Crippen molar-refractivity contribution < 1.29 is 17.9 Å². The largest absolute Gasteiger partial charge is 0.490 e. The third-order valence-corrected chi connectivity index (χ3v) is 6.95. The van der Waals surface area contributed by atoms with Gasteiger partial charge in [-0.25, -0.2) is 18.1 Å². The quantitative estimate of drug-likeness (QED) is 0.644. The Balaban J connectivity index is 1.39. The minimum Gasteiger partial charge on any atom is -0.490 e. The molecule has 2 aromatic carbocycles. The van der Waals surface area contributed by atoms with Crippen molar-refractivity contribution in [1.29, 1.82) is 0 Å². The number of benzene rings is 2. The third-order valence-electron chi connectivity index (χ3n) is 4.55. The summed E-state index contributed by atoms with van der Waals surface area (Å²) in [4.78, 5) is 4.78. The highest BCUT2D eigenvalue weighted by molar-refractivity contribution is 7.89. The van der Waals surface area contributed by atoms with E-state index in [0.29, 0.717) is 31.1 Å². The van der Waals surface area contributed by atoms with Crippen LogP contribution in [-0.2, 0) is 16.4 Å². The second kappa shape index (κ2) is 8.52. The van der Waals surface area contributed by atoms with Gasteiger partial charge in [0.25, 0.3) is 0 Å². The van der Waals surface area contributed by atoms with E-state index in [1.807, 2.05) is 24.4 Å². The first kappa shape index (κ1) is 19.9. The first-order valence-electron chi connectivity index (χ1n) is 9.42. The Morgan fingerprint density at radius 2 is 1.83 bits per heavy atom. The summed E-state index contributed by atoms with van der Waals surface area (Å²) in [7, 11) is -3.64. The van der Waals surface area contributed by atoms with Crippen molar-refractivity contribution >= 4 is 21.4 Å². The van der Waals surface area contributed by atoms with E-state index in [-0.39, 0.29) is 11.4 Å². The van der Waals surface area contributed by atoms with Crippen LogP contribution in [-0.4, -0.2) is 33.2 Å². The van der Waals surface area contributed by atoms with Crippen molar-refractivity contribution in [3.05, 3.63) is 59.1 Å². The Kier molecular flexibility index (Phi) is 5.84. The minimum atomic E-state index is -3.64. The highest BCUT2D eigenvalue weighted by Gasteiger charge is 2.18. The number of fused-ring (bicyclic) bond motifs is 1. The Labute approximate surface area is 174 Å². The molecule has 152 valence electrons. The lowest BCUT2D eigenvalue weighted by Gasteiger charge is -2.10. The van der Waals surface area contributed by atoms with E-state index in [0.717, 1.165) is 22.7 Å². The summed E-state index contributed by atoms with van der Waals surface area (Å²) >= 11 is 1.56. The van der Waals surface area contributed by atoms with Gasteiger partial charge in [0.15, 0.2) is 11.5 Å². The Morgan fingerprint density at radius 3 is 2.62 bits per heavy atom. The molecule has 2 heterocycles. The van der Waals surface area contributed by atoms with Crippen molar-refractivity contribution in [2.75, 3.05) is 19.8 Å². The normalized spacial score (nSPS) is 13.8. The van der Waals surface area contributed by atoms with Gasteiger partial charge in [-0.15, -0.1) is 11.3 Å². The SMILES string of the molecule is Cc1ccc(-c2nc(CCNS(=O)(=O)c3ccc4c(c3)OCCCO4)cs2)cc1. The summed E-state index contributed by atoms with van der Waals surface area (Å²) in [6, 6.07) is 12.9. The van der Waals surface area contributed by atoms with Gasteiger partial charge < -0.3 is 9.47 Å². The third kappa shape index (κ3) is 4.77. The summed E-state index contributed by atoms with van der Waals surface area (Å²) in [6.07, 6.45) is 1.29. The van der Waals surface area contributed by atoms with Gasteiger partial charge in [0, 0.05) is 36.4 Å². The van der Waals surface area contributed by atoms with Gasteiger partial charge in [-0.1, -0.05) is 29.8 Å². The molecule has 0 aliphatic carbocycles. The monoisotopic (exact) mass is 430 g/mol. The van der Waals surface area contributed by atoms with Gasteiger partial charge in [0.05, 0.1) is 23.8 Å². The van der Waals surface area contributed by atoms with Crippen molar-refractivity contribution in [3.8, 4) is 22.1 Å². The number of thiazole rings is 1. The molecule has 0 bridgehead atoms. The summed E-state index contributed by atoms with van der Waals surface area (Å²) < 4.78 is 39.0. The maximum Gasteiger partial charge on any atom is 0.240 e. The van der Waals surface area contributed by atoms with Crippen LogP contribution in [0.25, 0.3) is 10.6 Å². The lowest BCUT2D eigenvalue weighted by atomic mass is 10.2. The van der Waals surface area contributed by atoms with E-state index < -0.39 is 10.0 Å². The van der Waals surface area contributed by atoms with Crippen molar-refractivity contribution in [2.24, 2.45) is 0 Å². The predicted molar refractivity (Wildman–Crippen MR) is 113 cm³/mol. The van der Waals surface area contributed by atoms with Gasteiger partial charge >= 0.3 is 0 Å². The standard InChI is InChI=1S/C21H22N2O4S2/c1-15-3-5-16(6-4-15)21-23-17(14-28-21)9-10-22-29(24,25)18-7-8-19-20(13-18)27-12-2-11-26-19/h3-8,13-14,22H,2,9-12H2,1H3. The number of hydrogen-bond donors (Lipinski definition) is 1. The molecule has 8 heteroatoms. The van der Waals surface area contributed by atoms with Crippen LogP contribution in [0.4, 0.5) is 0 Å². The van der Waals surface area contributed by atoms with Gasteiger partial charge in [-0.3, -0.25) is 0 Å². The summed E-state index contributed by atoms with van der Waals surface area (Å²) in [6.45, 7) is 3.40. The van der Waals surface area contributed by atoms with Crippen LogP contribution in [0.5, 0.6) is 11.5 Å². The molecular weight excluding hydrogens is 408 g/mol. The summed E-state index contributed by atoms with van der Waals surface area (Å²) in [5.74, 6) is 1.04. The number of aromatic nitrogens is 1. The minimum absolute atomic E-state index is 0.167. The lowest BCUT2D eigenvalue weighted by Crippen LogP contribution is -2.26. The zero-order valence-corrected chi connectivity index (χ0v) is 17.7. The van der Waals surface area contributed by atoms with Crippen molar-refractivity contribution in [2.45, 2.75) is 24.7 Å². The average molecular weight is 431 g/mol. The fourth-order valence-corrected chi connectivity index (χ4v) is 4.87. The first-order chi connectivity index (χ1) is 14.0. The fraction of sp³-hybridized carbons (Fsp3) is 0.286. The second-order valence-electron chi connectivity index (χ2n) is 6.82. The Bertz CT molecular complexity index is 1090. The molecule has 0 unspecified atom stereocenters. The van der Waals surface area contributed by atoms with Gasteiger partial charge in [-0.05, 0) is 19.1 Å². The van der Waals surface area contributed by atoms with E-state index in [9.17, 15) is 8.42 Å². The number of aryl methyl sites for hydroxylation is 1. The van der Waals surface area contributed by atoms with Gasteiger partial charge in [0.1, 0.15) is 5.01 Å². The molecule has 0 spiro atoms. The zero-order chi connectivity index (χ0) is 20.3. The lowest BCUT2D eigenvalue weighted by molar-refractivity contribution is 0.297. The van der Waals surface area contributed by atoms with Crippen LogP contribution in [0.15, 0.2) is 52.7 Å². The zero-order valence-electron chi connectivity index (χ0n) is 16.1. The maximum absolute atomic E-state index is 12.6. The second-order valence-corrected chi connectivity index (χ2v) is 9.44. The number of ether oxygens (including phenoxy) is 2. The van der Waals surface area contributed by atoms with Crippen molar-refractivity contribution in [1.82, 2.24) is 9.71 Å². The maximum atomic E-state index is 12.6. The van der Waals surface area contributed by atoms with Crippen molar-refractivity contribution in [3.63, 3.8) is 0 Å². The molecule has 0 amide bonds. The van der Waals surface area contributed by atoms with Crippen LogP contribution in [0.2, 0.25) is 0 Å². The number of hydrogen-bond acceptors (Lipinski definition) is 6. The topological polar surface area (TPSA) is 77.5 Å². The molecule has 0 atom stereocenters. The summed E-state index contributed by atoms with van der Waals surface area (Å²) in [5, 5.41) is 2.91. The fourth-order valence-electron chi connectivity index (χ4n) is 2.96. The number of rotatable bonds is 6. The van der Waals surface area contributed by atoms with Crippen LogP contribution in [0.1, 0.15) is 17.7 Å². The molecule has 1 aliphatic heterocycles. The number of nitrogens with zero attached hydrogens (tertiary/aromatic N) is 1. The van der Waals surface area contributed by atoms with Crippen LogP contribution in [0.3, 0.4) is 0 Å². The van der Waals surface area contributed by atoms with E-state index in [2.05, 4.69) is 21.8 Å². The molecule has 1 N–H and O–H groups in total. The van der Waals surface area contributed by atoms with E-state index in [1.165, 1.54) is 17.7 Å². The molecule has 0 radical (unpaired) electrons.